The zero-order valence-electron chi connectivity index (χ0n) is 16.2. The molecule has 0 radical (unpaired) electrons. The molecule has 0 atom stereocenters. The predicted molar refractivity (Wildman–Crippen MR) is 108 cm³/mol. The van der Waals surface area contributed by atoms with Crippen LogP contribution in [0.1, 0.15) is 40.0 Å². The third kappa shape index (κ3) is 4.17. The van der Waals surface area contributed by atoms with Gasteiger partial charge in [0.15, 0.2) is 19.0 Å². The molecule has 0 saturated carbocycles. The Kier molecular flexibility index (Phi) is 5.47. The Morgan fingerprint density at radius 2 is 1.80 bits per heavy atom. The van der Waals surface area contributed by atoms with Crippen LogP contribution in [0.4, 0.5) is 11.4 Å². The van der Waals surface area contributed by atoms with Gasteiger partial charge in [0.25, 0.3) is 5.91 Å². The van der Waals surface area contributed by atoms with E-state index in [9.17, 15) is 19.2 Å². The zero-order chi connectivity index (χ0) is 21.1. The molecule has 0 unspecified atom stereocenters. The minimum absolute atomic E-state index is 0.0668. The minimum atomic E-state index is -0.630. The lowest BCUT2D eigenvalue weighted by molar-refractivity contribution is -0.120. The molecule has 2 aromatic carbocycles. The lowest BCUT2D eigenvalue weighted by Gasteiger charge is -2.26. The summed E-state index contributed by atoms with van der Waals surface area (Å²) in [4.78, 5) is 49.8. The van der Waals surface area contributed by atoms with Gasteiger partial charge in [-0.15, -0.1) is 0 Å². The van der Waals surface area contributed by atoms with Crippen molar-refractivity contribution in [2.24, 2.45) is 0 Å². The monoisotopic (exact) mass is 408 g/mol. The van der Waals surface area contributed by atoms with Crippen LogP contribution in [0.2, 0.25) is 0 Å². The Labute approximate surface area is 172 Å². The van der Waals surface area contributed by atoms with Gasteiger partial charge in [-0.1, -0.05) is 0 Å². The fourth-order valence-corrected chi connectivity index (χ4v) is 3.41. The molecule has 1 fully saturated rings. The average Bonchev–Trinajstić information content (AvgIpc) is 2.77. The second kappa shape index (κ2) is 8.36. The van der Waals surface area contributed by atoms with E-state index < -0.39 is 18.4 Å². The lowest BCUT2D eigenvalue weighted by atomic mass is 10.1. The quantitative estimate of drug-likeness (QED) is 0.603. The van der Waals surface area contributed by atoms with Crippen LogP contribution in [0.5, 0.6) is 5.75 Å². The summed E-state index contributed by atoms with van der Waals surface area (Å²) < 4.78 is 10.4. The summed E-state index contributed by atoms with van der Waals surface area (Å²) in [6.45, 7) is 0.171. The molecule has 0 aromatic heterocycles. The van der Waals surface area contributed by atoms with Gasteiger partial charge >= 0.3 is 5.97 Å². The fraction of sp³-hybridized carbons (Fsp3) is 0.273. The van der Waals surface area contributed by atoms with Crippen LogP contribution in [0.15, 0.2) is 42.5 Å². The molecule has 1 N–H and O–H groups in total. The first-order valence-electron chi connectivity index (χ1n) is 9.69. The number of ketones is 1. The van der Waals surface area contributed by atoms with Crippen molar-refractivity contribution in [2.45, 2.75) is 19.3 Å². The number of esters is 1. The maximum absolute atomic E-state index is 12.4. The number of nitrogens with zero attached hydrogens (tertiary/aromatic N) is 1. The van der Waals surface area contributed by atoms with Crippen molar-refractivity contribution in [3.8, 4) is 5.75 Å². The van der Waals surface area contributed by atoms with Gasteiger partial charge in [-0.25, -0.2) is 4.79 Å². The van der Waals surface area contributed by atoms with Crippen LogP contribution in [-0.4, -0.2) is 43.3 Å². The normalized spacial score (nSPS) is 15.7. The predicted octanol–water partition coefficient (Wildman–Crippen LogP) is 2.57. The van der Waals surface area contributed by atoms with Crippen LogP contribution in [-0.2, 0) is 14.3 Å². The average molecular weight is 408 g/mol. The number of hydrogen-bond acceptors (Lipinski definition) is 6. The number of fused-ring (bicyclic) bond motifs is 1. The number of carbonyl (C=O) groups is 4. The number of carbonyl (C=O) groups excluding carboxylic acids is 4. The Hall–Kier alpha value is -3.68. The molecule has 2 heterocycles. The van der Waals surface area contributed by atoms with Crippen molar-refractivity contribution in [3.63, 3.8) is 0 Å². The van der Waals surface area contributed by atoms with Crippen LogP contribution >= 0.6 is 0 Å². The number of rotatable bonds is 5. The maximum atomic E-state index is 12.4. The first kappa shape index (κ1) is 19.6. The van der Waals surface area contributed by atoms with Crippen molar-refractivity contribution < 1.29 is 28.7 Å². The highest BCUT2D eigenvalue weighted by Gasteiger charge is 2.21. The fourth-order valence-electron chi connectivity index (χ4n) is 3.41. The van der Waals surface area contributed by atoms with E-state index in [1.165, 1.54) is 6.07 Å². The number of hydrogen-bond donors (Lipinski definition) is 1. The topological polar surface area (TPSA) is 102 Å². The van der Waals surface area contributed by atoms with Crippen molar-refractivity contribution in [1.82, 2.24) is 0 Å². The van der Waals surface area contributed by atoms with E-state index in [-0.39, 0.29) is 18.4 Å². The number of nitrogens with one attached hydrogen (secondary N) is 1. The van der Waals surface area contributed by atoms with Crippen molar-refractivity contribution in [1.29, 1.82) is 0 Å². The van der Waals surface area contributed by atoms with E-state index in [4.69, 9.17) is 9.47 Å². The van der Waals surface area contributed by atoms with Crippen molar-refractivity contribution in [2.75, 3.05) is 30.0 Å². The summed E-state index contributed by atoms with van der Waals surface area (Å²) in [5.74, 6) is -0.770. The second-order valence-corrected chi connectivity index (χ2v) is 7.10. The molecule has 4 rings (SSSR count). The molecule has 8 heteroatoms. The highest BCUT2D eigenvalue weighted by Crippen LogP contribution is 2.28. The van der Waals surface area contributed by atoms with Gasteiger partial charge < -0.3 is 19.7 Å². The zero-order valence-corrected chi connectivity index (χ0v) is 16.2. The van der Waals surface area contributed by atoms with Gasteiger partial charge in [-0.2, -0.15) is 0 Å². The first-order valence-corrected chi connectivity index (χ1v) is 9.69. The third-order valence-corrected chi connectivity index (χ3v) is 5.01. The highest BCUT2D eigenvalue weighted by atomic mass is 16.5. The molecule has 2 aromatic rings. The molecule has 0 spiro atoms. The van der Waals surface area contributed by atoms with Gasteiger partial charge in [0.1, 0.15) is 5.75 Å². The number of Topliss-reactive ketones (excluding diaryl/α,β-unsaturated/α-hetero) is 1. The molecule has 0 bridgehead atoms. The molecule has 154 valence electrons. The van der Waals surface area contributed by atoms with Gasteiger partial charge in [-0.3, -0.25) is 14.4 Å². The lowest BCUT2D eigenvalue weighted by Crippen LogP contribution is -2.35. The van der Waals surface area contributed by atoms with Crippen LogP contribution in [0, 0.1) is 0 Å². The summed E-state index contributed by atoms with van der Waals surface area (Å²) in [6, 6.07) is 11.2. The standard InChI is InChI=1S/C22H20N2O6/c25-18(15-6-9-19-17(11-15)23-20(26)13-29-19)12-30-22(28)14-4-7-16(8-5-14)24-10-2-1-3-21(24)27/h4-9,11H,1-3,10,12-13H2,(H,23,26). The van der Waals surface area contributed by atoms with E-state index in [2.05, 4.69) is 5.32 Å². The van der Waals surface area contributed by atoms with E-state index in [1.807, 2.05) is 0 Å². The Balaban J connectivity index is 1.36. The summed E-state index contributed by atoms with van der Waals surface area (Å²) in [6.07, 6.45) is 2.39. The van der Waals surface area contributed by atoms with Gasteiger partial charge in [0.05, 0.1) is 11.3 Å². The largest absolute Gasteiger partial charge is 0.482 e. The van der Waals surface area contributed by atoms with Gasteiger partial charge in [0.2, 0.25) is 5.91 Å². The van der Waals surface area contributed by atoms with E-state index in [1.54, 1.807) is 41.3 Å². The molecule has 1 saturated heterocycles. The Bertz CT molecular complexity index is 1010. The summed E-state index contributed by atoms with van der Waals surface area (Å²) >= 11 is 0. The highest BCUT2D eigenvalue weighted by molar-refractivity contribution is 6.02. The number of piperidine rings is 1. The first-order chi connectivity index (χ1) is 14.5. The summed E-state index contributed by atoms with van der Waals surface area (Å²) in [5.41, 5.74) is 1.74. The van der Waals surface area contributed by atoms with Crippen molar-refractivity contribution in [3.05, 3.63) is 53.6 Å². The molecule has 2 aliphatic rings. The van der Waals surface area contributed by atoms with Crippen LogP contribution in [0.3, 0.4) is 0 Å². The summed E-state index contributed by atoms with van der Waals surface area (Å²) in [5, 5.41) is 2.63. The van der Waals surface area contributed by atoms with Gasteiger partial charge in [0, 0.05) is 24.2 Å². The molecular weight excluding hydrogens is 388 g/mol. The van der Waals surface area contributed by atoms with Crippen LogP contribution < -0.4 is 15.0 Å². The smallest absolute Gasteiger partial charge is 0.338 e. The number of anilines is 2. The van der Waals surface area contributed by atoms with Crippen molar-refractivity contribution >= 4 is 34.9 Å². The molecule has 30 heavy (non-hydrogen) atoms. The summed E-state index contributed by atoms with van der Waals surface area (Å²) in [7, 11) is 0. The minimum Gasteiger partial charge on any atom is -0.482 e. The SMILES string of the molecule is O=C1COc2ccc(C(=O)COC(=O)c3ccc(N4CCCCC4=O)cc3)cc2N1. The second-order valence-electron chi connectivity index (χ2n) is 7.10. The van der Waals surface area contributed by atoms with Gasteiger partial charge in [-0.05, 0) is 55.3 Å². The van der Waals surface area contributed by atoms with E-state index >= 15 is 0 Å². The molecule has 0 aliphatic carbocycles. The molecule has 2 amide bonds. The van der Waals surface area contributed by atoms with E-state index in [0.717, 1.165) is 18.5 Å². The number of ether oxygens (including phenoxy) is 2. The Morgan fingerprint density at radius 3 is 2.57 bits per heavy atom. The molecule has 8 nitrogen and oxygen atoms in total. The third-order valence-electron chi connectivity index (χ3n) is 5.01. The van der Waals surface area contributed by atoms with Crippen LogP contribution in [0.25, 0.3) is 0 Å². The molecular formula is C22H20N2O6. The molecule has 2 aliphatic heterocycles. The number of benzene rings is 2. The number of amides is 2. The van der Waals surface area contributed by atoms with E-state index in [0.29, 0.717) is 35.5 Å². The maximum Gasteiger partial charge on any atom is 0.338 e. The Morgan fingerprint density at radius 1 is 1.03 bits per heavy atom.